The summed E-state index contributed by atoms with van der Waals surface area (Å²) < 4.78 is 41.9. The number of methoxy groups -OCH3 is 1. The molecular weight excluding hydrogens is 608 g/mol. The molecule has 12 nitrogen and oxygen atoms in total. The third-order valence-corrected chi connectivity index (χ3v) is 7.83. The summed E-state index contributed by atoms with van der Waals surface area (Å²) in [6.07, 6.45) is 0.829. The van der Waals surface area contributed by atoms with Crippen LogP contribution in [0.15, 0.2) is 58.3 Å². The van der Waals surface area contributed by atoms with Gasteiger partial charge in [0.2, 0.25) is 5.88 Å². The van der Waals surface area contributed by atoms with Crippen LogP contribution in [0.3, 0.4) is 0 Å². The lowest BCUT2D eigenvalue weighted by atomic mass is 10.1. The van der Waals surface area contributed by atoms with Crippen molar-refractivity contribution in [2.75, 3.05) is 19.5 Å². The number of fused-ring (bicyclic) bond motifs is 1. The van der Waals surface area contributed by atoms with E-state index in [0.29, 0.717) is 16.0 Å². The van der Waals surface area contributed by atoms with Crippen molar-refractivity contribution in [2.45, 2.75) is 39.5 Å². The van der Waals surface area contributed by atoms with Gasteiger partial charge >= 0.3 is 11.8 Å². The summed E-state index contributed by atoms with van der Waals surface area (Å²) >= 11 is 1.10. The highest BCUT2D eigenvalue weighted by Crippen LogP contribution is 2.37. The third-order valence-electron chi connectivity index (χ3n) is 6.52. The summed E-state index contributed by atoms with van der Waals surface area (Å²) in [4.78, 5) is 45.3. The van der Waals surface area contributed by atoms with Crippen LogP contribution in [-0.4, -0.2) is 50.2 Å². The number of nitrogens with one attached hydrogen (secondary N) is 2. The number of hydrogen-bond donors (Lipinski definition) is 2. The van der Waals surface area contributed by atoms with E-state index in [4.69, 9.17) is 9.47 Å². The zero-order chi connectivity index (χ0) is 32.5. The fourth-order valence-electron chi connectivity index (χ4n) is 4.58. The summed E-state index contributed by atoms with van der Waals surface area (Å²) in [6.45, 7) is 4.91. The van der Waals surface area contributed by atoms with Crippen LogP contribution in [0.2, 0.25) is 0 Å². The number of pyridine rings is 1. The molecule has 0 unspecified atom stereocenters. The molecule has 0 aliphatic rings. The minimum atomic E-state index is -0.867. The molecule has 0 aliphatic heterocycles. The first kappa shape index (κ1) is 31.4. The zero-order valence-corrected chi connectivity index (χ0v) is 25.8. The molecule has 0 saturated heterocycles. The van der Waals surface area contributed by atoms with E-state index >= 15 is 0 Å². The van der Waals surface area contributed by atoms with Crippen molar-refractivity contribution in [1.82, 2.24) is 29.6 Å². The van der Waals surface area contributed by atoms with Crippen molar-refractivity contribution >= 4 is 33.5 Å². The average Bonchev–Trinajstić information content (AvgIpc) is 3.36. The number of aromatic nitrogens is 5. The number of halogens is 2. The first-order valence-electron chi connectivity index (χ1n) is 13.6. The Morgan fingerprint density at radius 2 is 1.76 bits per heavy atom. The van der Waals surface area contributed by atoms with Gasteiger partial charge in [0.25, 0.3) is 5.56 Å². The quantitative estimate of drug-likeness (QED) is 0.252. The van der Waals surface area contributed by atoms with Crippen LogP contribution >= 0.6 is 11.3 Å². The molecule has 2 N–H and O–H groups in total. The van der Waals surface area contributed by atoms with Crippen molar-refractivity contribution in [1.29, 1.82) is 0 Å². The van der Waals surface area contributed by atoms with Crippen LogP contribution in [0.4, 0.5) is 19.4 Å². The lowest BCUT2D eigenvalue weighted by Crippen LogP contribution is -2.39. The fourth-order valence-corrected chi connectivity index (χ4v) is 5.88. The molecule has 15 heteroatoms. The highest BCUT2D eigenvalue weighted by atomic mass is 32.1. The van der Waals surface area contributed by atoms with Crippen LogP contribution in [-0.2, 0) is 17.8 Å². The van der Waals surface area contributed by atoms with E-state index in [1.54, 1.807) is 40.0 Å². The Kier molecular flexibility index (Phi) is 8.75. The van der Waals surface area contributed by atoms with Gasteiger partial charge in [-0.15, -0.1) is 21.5 Å². The lowest BCUT2D eigenvalue weighted by Gasteiger charge is -2.19. The van der Waals surface area contributed by atoms with Gasteiger partial charge in [-0.3, -0.25) is 14.7 Å². The second-order valence-electron chi connectivity index (χ2n) is 10.8. The van der Waals surface area contributed by atoms with Gasteiger partial charge in [-0.1, -0.05) is 6.07 Å². The van der Waals surface area contributed by atoms with E-state index in [1.165, 1.54) is 31.5 Å². The summed E-state index contributed by atoms with van der Waals surface area (Å²) in [7, 11) is 3.08. The van der Waals surface area contributed by atoms with Gasteiger partial charge in [0.05, 0.1) is 19.0 Å². The van der Waals surface area contributed by atoms with E-state index in [9.17, 15) is 23.2 Å². The Bertz CT molecular complexity index is 1980. The maximum Gasteiger partial charge on any atom is 0.413 e. The molecule has 0 bridgehead atoms. The number of carbonyl (C=O) groups excluding carboxylic acids is 1. The van der Waals surface area contributed by atoms with E-state index in [1.807, 2.05) is 0 Å². The molecule has 5 aromatic rings. The lowest BCUT2D eigenvalue weighted by molar-refractivity contribution is 0.0635. The fraction of sp³-hybridized carbons (Fsp3) is 0.267. The highest BCUT2D eigenvalue weighted by molar-refractivity contribution is 7.22. The monoisotopic (exact) mass is 637 g/mol. The van der Waals surface area contributed by atoms with Crippen LogP contribution in [0.25, 0.3) is 26.5 Å². The van der Waals surface area contributed by atoms with Crippen molar-refractivity contribution in [3.8, 4) is 22.1 Å². The first-order chi connectivity index (χ1) is 21.4. The van der Waals surface area contributed by atoms with Crippen molar-refractivity contribution < 1.29 is 23.0 Å². The summed E-state index contributed by atoms with van der Waals surface area (Å²) in [6, 6.07) is 9.50. The number of amides is 1. The predicted molar refractivity (Wildman–Crippen MR) is 165 cm³/mol. The number of carbonyl (C=O) groups is 1. The minimum absolute atomic E-state index is 0.0992. The van der Waals surface area contributed by atoms with Crippen molar-refractivity contribution in [2.24, 2.45) is 0 Å². The standard InChI is InChI=1S/C30H29F2N7O5S/c1-30(2,3)44-28(41)35-21-10-9-16(13-34-21)25-17(14-33-4)24-26(40)39(22-11-12-23(43-5)37-36-22)29(42)38(27(24)45-25)15-18-19(31)7-6-8-20(18)32/h6-13,33H,14-15H2,1-5H3,(H,34,35,41). The Balaban J connectivity index is 1.72. The van der Waals surface area contributed by atoms with Gasteiger partial charge in [0.15, 0.2) is 5.82 Å². The Morgan fingerprint density at radius 1 is 1.02 bits per heavy atom. The molecule has 45 heavy (non-hydrogen) atoms. The minimum Gasteiger partial charge on any atom is -0.480 e. The molecule has 0 radical (unpaired) electrons. The van der Waals surface area contributed by atoms with Gasteiger partial charge in [-0.05, 0) is 63.7 Å². The van der Waals surface area contributed by atoms with Gasteiger partial charge in [-0.25, -0.2) is 27.9 Å². The van der Waals surface area contributed by atoms with Crippen molar-refractivity contribution in [3.05, 3.63) is 92.3 Å². The van der Waals surface area contributed by atoms with Gasteiger partial charge in [-0.2, -0.15) is 0 Å². The molecule has 0 atom stereocenters. The van der Waals surface area contributed by atoms with Gasteiger partial charge < -0.3 is 14.8 Å². The normalized spacial score (nSPS) is 11.5. The molecule has 0 saturated carbocycles. The molecule has 4 heterocycles. The van der Waals surface area contributed by atoms with E-state index in [2.05, 4.69) is 25.8 Å². The van der Waals surface area contributed by atoms with Crippen LogP contribution in [0.5, 0.6) is 5.88 Å². The number of ether oxygens (including phenoxy) is 2. The molecular formula is C30H29F2N7O5S. The largest absolute Gasteiger partial charge is 0.480 e. The van der Waals surface area contributed by atoms with Crippen molar-refractivity contribution in [3.63, 3.8) is 0 Å². The predicted octanol–water partition coefficient (Wildman–Crippen LogP) is 4.47. The smallest absolute Gasteiger partial charge is 0.413 e. The SMILES string of the molecule is CNCc1c(-c2ccc(NC(=O)OC(C)(C)C)nc2)sc2c1c(=O)n(-c1ccc(OC)nn1)c(=O)n2Cc1c(F)cccc1F. The summed E-state index contributed by atoms with van der Waals surface area (Å²) in [5.74, 6) is -1.40. The summed E-state index contributed by atoms with van der Waals surface area (Å²) in [5.41, 5.74) is -1.51. The number of thiophene rings is 1. The maximum absolute atomic E-state index is 14.8. The Labute approximate surface area is 259 Å². The number of hydrogen-bond acceptors (Lipinski definition) is 10. The maximum atomic E-state index is 14.8. The molecule has 4 aromatic heterocycles. The zero-order valence-electron chi connectivity index (χ0n) is 25.0. The molecule has 1 amide bonds. The van der Waals surface area contributed by atoms with E-state index < -0.39 is 41.1 Å². The molecule has 1 aromatic carbocycles. The van der Waals surface area contributed by atoms with Gasteiger partial charge in [0, 0.05) is 34.8 Å². The molecule has 5 rings (SSSR count). The number of nitrogens with zero attached hydrogens (tertiary/aromatic N) is 5. The number of anilines is 1. The second kappa shape index (κ2) is 12.5. The van der Waals surface area contributed by atoms with Crippen LogP contribution in [0.1, 0.15) is 31.9 Å². The highest BCUT2D eigenvalue weighted by Gasteiger charge is 2.25. The topological polar surface area (TPSA) is 142 Å². The average molecular weight is 638 g/mol. The Morgan fingerprint density at radius 3 is 2.33 bits per heavy atom. The van der Waals surface area contributed by atoms with E-state index in [0.717, 1.165) is 32.6 Å². The molecule has 234 valence electrons. The third kappa shape index (κ3) is 6.44. The van der Waals surface area contributed by atoms with Gasteiger partial charge in [0.1, 0.15) is 27.9 Å². The molecule has 0 spiro atoms. The van der Waals surface area contributed by atoms with Crippen LogP contribution < -0.4 is 26.6 Å². The Hall–Kier alpha value is -5.02. The summed E-state index contributed by atoms with van der Waals surface area (Å²) in [5, 5.41) is 13.6. The number of rotatable bonds is 8. The van der Waals surface area contributed by atoms with E-state index in [-0.39, 0.29) is 39.8 Å². The van der Waals surface area contributed by atoms with Crippen LogP contribution in [0, 0.1) is 11.6 Å². The molecule has 0 fully saturated rings. The second-order valence-corrected chi connectivity index (χ2v) is 11.8. The first-order valence-corrected chi connectivity index (χ1v) is 14.5. The number of benzene rings is 1. The molecule has 0 aliphatic carbocycles.